The zero-order chi connectivity index (χ0) is 19.7. The van der Waals surface area contributed by atoms with E-state index in [0.29, 0.717) is 27.8 Å². The van der Waals surface area contributed by atoms with Gasteiger partial charge in [0.2, 0.25) is 0 Å². The van der Waals surface area contributed by atoms with Crippen LogP contribution in [0.15, 0.2) is 58.5 Å². The minimum absolute atomic E-state index is 0.229. The summed E-state index contributed by atoms with van der Waals surface area (Å²) in [6.07, 6.45) is 0. The second-order valence-corrected chi connectivity index (χ2v) is 7.58. The van der Waals surface area contributed by atoms with Crippen molar-refractivity contribution in [3.63, 3.8) is 0 Å². The largest absolute Gasteiger partial charge is 0.300 e. The molecular weight excluding hydrogens is 370 g/mol. The highest BCUT2D eigenvalue weighted by Crippen LogP contribution is 2.24. The molecule has 2 aromatic heterocycles. The molecule has 28 heavy (non-hydrogen) atoms. The molecule has 0 saturated heterocycles. The summed E-state index contributed by atoms with van der Waals surface area (Å²) in [6, 6.07) is 17.4. The lowest BCUT2D eigenvalue weighted by Gasteiger charge is -2.10. The monoisotopic (exact) mass is 387 g/mol. The number of aromatic nitrogens is 4. The predicted octanol–water partition coefficient (Wildman–Crippen LogP) is 4.04. The molecule has 0 aliphatic rings. The van der Waals surface area contributed by atoms with Crippen LogP contribution >= 0.6 is 11.8 Å². The highest BCUT2D eigenvalue weighted by Gasteiger charge is 2.15. The summed E-state index contributed by atoms with van der Waals surface area (Å²) in [5, 5.41) is 14.8. The van der Waals surface area contributed by atoms with Crippen LogP contribution in [0.3, 0.4) is 0 Å². The fourth-order valence-corrected chi connectivity index (χ4v) is 3.61. The maximum atomic E-state index is 12.8. The number of hydrogen-bond donors (Lipinski definition) is 0. The van der Waals surface area contributed by atoms with E-state index in [-0.39, 0.29) is 17.0 Å². The van der Waals surface area contributed by atoms with Crippen molar-refractivity contribution in [1.82, 2.24) is 19.6 Å². The SMILES string of the molecule is CC(C)c1ccc(-c2nn3c(SCC#N)nc4ccccc4c3nc2=O)cc1. The fraction of sp³-hybridized carbons (Fsp3) is 0.190. The molecule has 0 amide bonds. The molecule has 6 nitrogen and oxygen atoms in total. The van der Waals surface area contributed by atoms with Gasteiger partial charge in [-0.15, -0.1) is 0 Å². The Balaban J connectivity index is 1.97. The van der Waals surface area contributed by atoms with E-state index in [1.807, 2.05) is 48.5 Å². The molecule has 0 saturated carbocycles. The molecule has 138 valence electrons. The molecule has 2 heterocycles. The number of benzene rings is 2. The number of para-hydroxylation sites is 1. The van der Waals surface area contributed by atoms with Gasteiger partial charge in [-0.2, -0.15) is 19.9 Å². The van der Waals surface area contributed by atoms with Crippen LogP contribution in [-0.2, 0) is 0 Å². The molecule has 0 atom stereocenters. The second-order valence-electron chi connectivity index (χ2n) is 6.64. The summed E-state index contributed by atoms with van der Waals surface area (Å²) in [5.41, 5.74) is 2.94. The summed E-state index contributed by atoms with van der Waals surface area (Å²) in [6.45, 7) is 4.24. The molecule has 0 aliphatic heterocycles. The van der Waals surface area contributed by atoms with Crippen molar-refractivity contribution in [1.29, 1.82) is 5.26 Å². The van der Waals surface area contributed by atoms with E-state index in [1.165, 1.54) is 17.3 Å². The lowest BCUT2D eigenvalue weighted by molar-refractivity contribution is 0.770. The second kappa shape index (κ2) is 7.41. The Kier molecular flexibility index (Phi) is 4.80. The van der Waals surface area contributed by atoms with Crippen molar-refractivity contribution < 1.29 is 0 Å². The average molecular weight is 387 g/mol. The Hall–Kier alpha value is -3.24. The molecule has 0 aliphatic carbocycles. The van der Waals surface area contributed by atoms with Crippen molar-refractivity contribution in [3.8, 4) is 17.3 Å². The molecule has 4 aromatic rings. The van der Waals surface area contributed by atoms with E-state index < -0.39 is 0 Å². The Morgan fingerprint density at radius 3 is 2.57 bits per heavy atom. The van der Waals surface area contributed by atoms with Crippen LogP contribution in [0.5, 0.6) is 0 Å². The molecule has 0 spiro atoms. The predicted molar refractivity (Wildman–Crippen MR) is 110 cm³/mol. The Bertz CT molecular complexity index is 1270. The third-order valence-corrected chi connectivity index (χ3v) is 5.27. The van der Waals surface area contributed by atoms with Gasteiger partial charge in [-0.1, -0.05) is 62.0 Å². The van der Waals surface area contributed by atoms with E-state index in [1.54, 1.807) is 4.52 Å². The van der Waals surface area contributed by atoms with Crippen molar-refractivity contribution in [2.75, 3.05) is 5.75 Å². The number of rotatable bonds is 4. The van der Waals surface area contributed by atoms with Crippen LogP contribution in [0.4, 0.5) is 0 Å². The van der Waals surface area contributed by atoms with Gasteiger partial charge in [0.05, 0.1) is 17.3 Å². The zero-order valence-electron chi connectivity index (χ0n) is 15.5. The standard InChI is InChI=1S/C21H17N5OS/c1-13(2)14-7-9-15(10-8-14)18-20(27)24-19-16-5-3-4-6-17(16)23-21(26(19)25-18)28-12-11-22/h3-10,13H,12H2,1-2H3. The van der Waals surface area contributed by atoms with Crippen molar-refractivity contribution in [3.05, 3.63) is 64.4 Å². The van der Waals surface area contributed by atoms with Gasteiger partial charge < -0.3 is 0 Å². The topological polar surface area (TPSA) is 83.9 Å². The number of nitrogens with zero attached hydrogens (tertiary/aromatic N) is 5. The van der Waals surface area contributed by atoms with Gasteiger partial charge in [-0.25, -0.2) is 4.98 Å². The quantitative estimate of drug-likeness (QED) is 0.298. The summed E-state index contributed by atoms with van der Waals surface area (Å²) in [5.74, 6) is 0.634. The normalized spacial score (nSPS) is 11.2. The van der Waals surface area contributed by atoms with Crippen molar-refractivity contribution >= 4 is 28.3 Å². The first kappa shape index (κ1) is 18.1. The van der Waals surface area contributed by atoms with Crippen LogP contribution in [0.25, 0.3) is 27.8 Å². The van der Waals surface area contributed by atoms with Crippen LogP contribution in [0.1, 0.15) is 25.3 Å². The van der Waals surface area contributed by atoms with E-state index in [9.17, 15) is 4.79 Å². The van der Waals surface area contributed by atoms with Crippen LogP contribution < -0.4 is 5.56 Å². The molecule has 0 unspecified atom stereocenters. The minimum atomic E-state index is -0.384. The highest BCUT2D eigenvalue weighted by atomic mass is 32.2. The molecule has 7 heteroatoms. The third kappa shape index (κ3) is 3.23. The molecule has 0 bridgehead atoms. The first-order valence-corrected chi connectivity index (χ1v) is 9.87. The Morgan fingerprint density at radius 1 is 1.11 bits per heavy atom. The van der Waals surface area contributed by atoms with Gasteiger partial charge in [0.15, 0.2) is 16.5 Å². The molecule has 4 rings (SSSR count). The van der Waals surface area contributed by atoms with E-state index >= 15 is 0 Å². The van der Waals surface area contributed by atoms with E-state index in [2.05, 4.69) is 35.0 Å². The number of fused-ring (bicyclic) bond motifs is 3. The first-order valence-electron chi connectivity index (χ1n) is 8.88. The molecule has 0 fully saturated rings. The first-order chi connectivity index (χ1) is 13.6. The van der Waals surface area contributed by atoms with E-state index in [0.717, 1.165) is 5.39 Å². The maximum absolute atomic E-state index is 12.8. The van der Waals surface area contributed by atoms with Crippen molar-refractivity contribution in [2.24, 2.45) is 0 Å². The smallest absolute Gasteiger partial charge is 0.265 e. The van der Waals surface area contributed by atoms with E-state index in [4.69, 9.17) is 5.26 Å². The number of hydrogen-bond acceptors (Lipinski definition) is 6. The highest BCUT2D eigenvalue weighted by molar-refractivity contribution is 7.99. The lowest BCUT2D eigenvalue weighted by Crippen LogP contribution is -2.17. The minimum Gasteiger partial charge on any atom is -0.265 e. The molecule has 0 radical (unpaired) electrons. The third-order valence-electron chi connectivity index (χ3n) is 4.47. The summed E-state index contributed by atoms with van der Waals surface area (Å²) >= 11 is 1.27. The van der Waals surface area contributed by atoms with Gasteiger partial charge >= 0.3 is 0 Å². The molecule has 2 aromatic carbocycles. The maximum Gasteiger partial charge on any atom is 0.300 e. The Morgan fingerprint density at radius 2 is 1.86 bits per heavy atom. The van der Waals surface area contributed by atoms with Gasteiger partial charge in [-0.3, -0.25) is 4.79 Å². The summed E-state index contributed by atoms with van der Waals surface area (Å²) < 4.78 is 1.57. The van der Waals surface area contributed by atoms with Crippen LogP contribution in [0.2, 0.25) is 0 Å². The summed E-state index contributed by atoms with van der Waals surface area (Å²) in [7, 11) is 0. The van der Waals surface area contributed by atoms with Gasteiger partial charge in [0.1, 0.15) is 0 Å². The van der Waals surface area contributed by atoms with Crippen LogP contribution in [-0.4, -0.2) is 25.3 Å². The molecular formula is C21H17N5OS. The molecule has 0 N–H and O–H groups in total. The fourth-order valence-electron chi connectivity index (χ4n) is 3.00. The zero-order valence-corrected chi connectivity index (χ0v) is 16.3. The van der Waals surface area contributed by atoms with Gasteiger partial charge in [-0.05, 0) is 23.6 Å². The number of nitriles is 1. The average Bonchev–Trinajstić information content (AvgIpc) is 2.71. The number of thioether (sulfide) groups is 1. The van der Waals surface area contributed by atoms with Gasteiger partial charge in [0, 0.05) is 10.9 Å². The van der Waals surface area contributed by atoms with Crippen molar-refractivity contribution in [2.45, 2.75) is 24.9 Å². The summed E-state index contributed by atoms with van der Waals surface area (Å²) in [4.78, 5) is 21.7. The van der Waals surface area contributed by atoms with Crippen LogP contribution in [0, 0.1) is 11.3 Å². The lowest BCUT2D eigenvalue weighted by atomic mass is 10.0. The van der Waals surface area contributed by atoms with Gasteiger partial charge in [0.25, 0.3) is 5.56 Å². The Labute approximate surface area is 165 Å².